The Balaban J connectivity index is 0.903. The topological polar surface area (TPSA) is 161 Å². The first kappa shape index (κ1) is 45.3. The molecule has 5 heterocycles. The maximum atomic E-state index is 13.9. The summed E-state index contributed by atoms with van der Waals surface area (Å²) in [7, 11) is 1.87. The van der Waals surface area contributed by atoms with Gasteiger partial charge in [0, 0.05) is 91.4 Å². The number of aromatic nitrogens is 4. The number of carbonyl (C=O) groups excluding carboxylic acids is 3. The number of carbonyl (C=O) groups is 4. The summed E-state index contributed by atoms with van der Waals surface area (Å²) in [5, 5.41) is 21.6. The van der Waals surface area contributed by atoms with Crippen LogP contribution in [0.4, 0.5) is 4.39 Å². The maximum Gasteiger partial charge on any atom is 0.352 e. The molecule has 0 bridgehead atoms. The first-order valence-corrected chi connectivity index (χ1v) is 22.9. The fourth-order valence-corrected chi connectivity index (χ4v) is 10.0. The van der Waals surface area contributed by atoms with Crippen molar-refractivity contribution >= 4 is 67.9 Å². The summed E-state index contributed by atoms with van der Waals surface area (Å²) < 4.78 is 29.9. The third kappa shape index (κ3) is 8.93. The lowest BCUT2D eigenvalue weighted by Crippen LogP contribution is -2.50. The van der Waals surface area contributed by atoms with Crippen molar-refractivity contribution in [1.82, 2.24) is 34.4 Å². The molecule has 0 saturated carbocycles. The van der Waals surface area contributed by atoms with Crippen molar-refractivity contribution < 1.29 is 38.1 Å². The Labute approximate surface area is 391 Å². The average molecular weight is 928 g/mol. The second-order valence-electron chi connectivity index (χ2n) is 17.4. The van der Waals surface area contributed by atoms with Gasteiger partial charge in [-0.1, -0.05) is 41.9 Å². The molecule has 2 N–H and O–H groups in total. The van der Waals surface area contributed by atoms with Crippen molar-refractivity contribution in [3.8, 4) is 22.6 Å². The van der Waals surface area contributed by atoms with Gasteiger partial charge in [0.25, 0.3) is 5.91 Å². The minimum Gasteiger partial charge on any atom is -0.493 e. The lowest BCUT2D eigenvalue weighted by molar-refractivity contribution is -0.135. The number of carboxylic acids is 1. The van der Waals surface area contributed by atoms with E-state index < -0.39 is 11.9 Å². The van der Waals surface area contributed by atoms with Crippen LogP contribution in [0.3, 0.4) is 0 Å². The zero-order valence-electron chi connectivity index (χ0n) is 37.8. The highest BCUT2D eigenvalue weighted by Crippen LogP contribution is 2.42. The molecule has 4 aromatic carbocycles. The Bertz CT molecular complexity index is 3120. The first-order valence-electron chi connectivity index (χ1n) is 22.5. The van der Waals surface area contributed by atoms with Crippen molar-refractivity contribution in [2.24, 2.45) is 7.05 Å². The SMILES string of the molecule is Cc1nc2c(OCC(=O)N3CCN(CCn4c(C(=O)O)c(CCCOc5cccc6cc(F)ccc56)c5ccc(Cl)c(-c6c(C)nn(C)c6C)c54)CC3)cccc2cc1C1CCC(=O)NC1=O. The number of imide groups is 1. The first-order chi connectivity index (χ1) is 32.3. The summed E-state index contributed by atoms with van der Waals surface area (Å²) >= 11 is 7.07. The second-order valence-corrected chi connectivity index (χ2v) is 17.8. The van der Waals surface area contributed by atoms with Gasteiger partial charge in [0.05, 0.1) is 28.8 Å². The van der Waals surface area contributed by atoms with Crippen molar-refractivity contribution in [3.05, 3.63) is 118 Å². The number of halogens is 2. The standard InChI is InChI=1S/C51H51ClFN7O7/c1-29-39(38-16-18-43(61)55-50(38)63)27-33-9-6-12-42(47(33)54-29)67-28-44(62)59-22-19-58(20-23-59)21-24-60-48-37(15-17-40(52)46(48)45-30(2)56-57(4)31(45)3)36(49(60)51(64)65)10-7-25-66-41-11-5-8-32-26-34(53)13-14-35(32)41/h5-6,8-9,11-15,17,26-27,38H,7,10,16,18-25,28H2,1-4H3,(H,64,65)(H,55,61,63). The number of carboxylic acid groups (broad SMARTS) is 1. The highest BCUT2D eigenvalue weighted by Gasteiger charge is 2.31. The highest BCUT2D eigenvalue weighted by atomic mass is 35.5. The van der Waals surface area contributed by atoms with Crippen LogP contribution < -0.4 is 14.8 Å². The Kier molecular flexibility index (Phi) is 12.7. The highest BCUT2D eigenvalue weighted by molar-refractivity contribution is 6.35. The van der Waals surface area contributed by atoms with Crippen molar-refractivity contribution in [1.29, 1.82) is 0 Å². The van der Waals surface area contributed by atoms with Crippen LogP contribution in [0.2, 0.25) is 5.02 Å². The van der Waals surface area contributed by atoms with Crippen molar-refractivity contribution in [3.63, 3.8) is 0 Å². The molecule has 2 aliphatic rings. The molecule has 1 unspecified atom stereocenters. The molecule has 14 nitrogen and oxygen atoms in total. The summed E-state index contributed by atoms with van der Waals surface area (Å²) in [5.74, 6) is -1.52. The molecule has 2 saturated heterocycles. The second kappa shape index (κ2) is 18.8. The molecular weight excluding hydrogens is 877 g/mol. The number of rotatable bonds is 14. The summed E-state index contributed by atoms with van der Waals surface area (Å²) in [4.78, 5) is 60.1. The van der Waals surface area contributed by atoms with E-state index >= 15 is 0 Å². The summed E-state index contributed by atoms with van der Waals surface area (Å²) in [6, 6.07) is 21.2. The predicted molar refractivity (Wildman–Crippen MR) is 253 cm³/mol. The van der Waals surface area contributed by atoms with Crippen LogP contribution in [-0.4, -0.2) is 104 Å². The van der Waals surface area contributed by atoms with Gasteiger partial charge in [-0.05, 0) is 99.0 Å². The minimum atomic E-state index is -1.05. The number of hydrogen-bond donors (Lipinski definition) is 2. The third-order valence-electron chi connectivity index (χ3n) is 13.2. The van der Waals surface area contributed by atoms with Crippen LogP contribution in [0.5, 0.6) is 11.5 Å². The van der Waals surface area contributed by atoms with Crippen LogP contribution in [0, 0.1) is 26.6 Å². The predicted octanol–water partition coefficient (Wildman–Crippen LogP) is 7.91. The van der Waals surface area contributed by atoms with Gasteiger partial charge in [0.2, 0.25) is 11.8 Å². The van der Waals surface area contributed by atoms with Gasteiger partial charge in [0.1, 0.15) is 28.5 Å². The minimum absolute atomic E-state index is 0.164. The van der Waals surface area contributed by atoms with Gasteiger partial charge in [0.15, 0.2) is 6.61 Å². The molecule has 16 heteroatoms. The van der Waals surface area contributed by atoms with Crippen LogP contribution in [0.1, 0.15) is 63.9 Å². The zero-order chi connectivity index (χ0) is 47.1. The number of piperazine rings is 1. The fourth-order valence-electron chi connectivity index (χ4n) is 9.80. The number of para-hydroxylation sites is 1. The van der Waals surface area contributed by atoms with E-state index in [1.807, 2.05) is 80.9 Å². The van der Waals surface area contributed by atoms with Gasteiger partial charge < -0.3 is 24.0 Å². The number of hydrogen-bond acceptors (Lipinski definition) is 9. The number of pyridine rings is 1. The average Bonchev–Trinajstić information content (AvgIpc) is 3.76. The molecule has 0 radical (unpaired) electrons. The molecule has 3 amide bonds. The summed E-state index contributed by atoms with van der Waals surface area (Å²) in [6.07, 6.45) is 1.62. The molecule has 346 valence electrons. The molecule has 67 heavy (non-hydrogen) atoms. The van der Waals surface area contributed by atoms with E-state index in [9.17, 15) is 28.7 Å². The number of fused-ring (bicyclic) bond motifs is 3. The largest absolute Gasteiger partial charge is 0.493 e. The Hall–Kier alpha value is -6.84. The lowest BCUT2D eigenvalue weighted by Gasteiger charge is -2.35. The fraction of sp³-hybridized carbons (Fsp3) is 0.333. The number of benzene rings is 4. The lowest BCUT2D eigenvalue weighted by atomic mass is 9.89. The molecule has 2 aliphatic heterocycles. The molecule has 2 fully saturated rings. The van der Waals surface area contributed by atoms with E-state index in [2.05, 4.69) is 15.3 Å². The number of nitrogens with zero attached hydrogens (tertiary/aromatic N) is 6. The number of piperidine rings is 1. The molecule has 0 aliphatic carbocycles. The Morgan fingerprint density at radius 3 is 2.36 bits per heavy atom. The molecule has 7 aromatic rings. The van der Waals surface area contributed by atoms with Gasteiger partial charge in [-0.15, -0.1) is 0 Å². The van der Waals surface area contributed by atoms with Crippen LogP contribution >= 0.6 is 11.6 Å². The Morgan fingerprint density at radius 1 is 0.881 bits per heavy atom. The molecule has 3 aromatic heterocycles. The van der Waals surface area contributed by atoms with Crippen molar-refractivity contribution in [2.45, 2.75) is 58.9 Å². The van der Waals surface area contributed by atoms with Crippen LogP contribution in [0.25, 0.3) is 43.7 Å². The normalized spacial score (nSPS) is 15.7. The monoisotopic (exact) mass is 927 g/mol. The summed E-state index contributed by atoms with van der Waals surface area (Å²) in [5.41, 5.74) is 6.87. The number of nitrogens with one attached hydrogen (secondary N) is 1. The third-order valence-corrected chi connectivity index (χ3v) is 13.6. The van der Waals surface area contributed by atoms with E-state index in [-0.39, 0.29) is 42.3 Å². The van der Waals surface area contributed by atoms with Gasteiger partial charge in [-0.2, -0.15) is 5.10 Å². The smallest absolute Gasteiger partial charge is 0.352 e. The van der Waals surface area contributed by atoms with Crippen molar-refractivity contribution in [2.75, 3.05) is 45.9 Å². The van der Waals surface area contributed by atoms with Gasteiger partial charge in [-0.3, -0.25) is 29.3 Å². The number of aromatic carboxylic acids is 1. The van der Waals surface area contributed by atoms with Crippen LogP contribution in [-0.2, 0) is 34.4 Å². The van der Waals surface area contributed by atoms with Gasteiger partial charge >= 0.3 is 5.97 Å². The molecule has 1 atom stereocenters. The number of amides is 3. The zero-order valence-corrected chi connectivity index (χ0v) is 38.6. The summed E-state index contributed by atoms with van der Waals surface area (Å²) in [6.45, 7) is 8.80. The number of aryl methyl sites for hydroxylation is 4. The maximum absolute atomic E-state index is 13.9. The molecule has 0 spiro atoms. The van der Waals surface area contributed by atoms with E-state index in [0.29, 0.717) is 98.4 Å². The molecular formula is C51H51ClFN7O7. The van der Waals surface area contributed by atoms with Crippen LogP contribution in [0.15, 0.2) is 72.8 Å². The molecule has 9 rings (SSSR count). The number of ether oxygens (including phenoxy) is 2. The van der Waals surface area contributed by atoms with E-state index in [4.69, 9.17) is 26.1 Å². The van der Waals surface area contributed by atoms with E-state index in [1.54, 1.807) is 21.7 Å². The van der Waals surface area contributed by atoms with E-state index in [1.165, 1.54) is 12.1 Å². The van der Waals surface area contributed by atoms with E-state index in [0.717, 1.165) is 55.1 Å². The van der Waals surface area contributed by atoms with Gasteiger partial charge in [-0.25, -0.2) is 14.2 Å². The quantitative estimate of drug-likeness (QED) is 0.0811. The Morgan fingerprint density at radius 2 is 1.63 bits per heavy atom.